The van der Waals surface area contributed by atoms with Crippen LogP contribution in [0.4, 0.5) is 0 Å². The number of hydrogen-bond donors (Lipinski definition) is 2. The summed E-state index contributed by atoms with van der Waals surface area (Å²) < 4.78 is 1.85. The van der Waals surface area contributed by atoms with Gasteiger partial charge in [0.25, 0.3) is 0 Å². The first-order valence-corrected chi connectivity index (χ1v) is 6.76. The number of amides is 1. The van der Waals surface area contributed by atoms with Gasteiger partial charge >= 0.3 is 0 Å². The number of fused-ring (bicyclic) bond motifs is 2. The second kappa shape index (κ2) is 4.72. The molecule has 0 saturated carbocycles. The minimum atomic E-state index is 0.122. The van der Waals surface area contributed by atoms with Crippen LogP contribution in [0.25, 0.3) is 0 Å². The van der Waals surface area contributed by atoms with E-state index >= 15 is 0 Å². The molecule has 0 aromatic carbocycles. The standard InChI is InChI=1S/C13H20N4O/c1-9(8-17-6-2-5-14-17)15-13(18)11-7-10-3-4-12(11)16-10/h2,5-6,9-12,16H,3-4,7-8H2,1H3,(H,15,18). The summed E-state index contributed by atoms with van der Waals surface area (Å²) in [5.74, 6) is 0.373. The predicted octanol–water partition coefficient (Wildman–Crippen LogP) is 0.528. The van der Waals surface area contributed by atoms with E-state index in [0.29, 0.717) is 12.1 Å². The second-order valence-electron chi connectivity index (χ2n) is 5.53. The van der Waals surface area contributed by atoms with E-state index in [0.717, 1.165) is 19.4 Å². The van der Waals surface area contributed by atoms with Gasteiger partial charge in [0, 0.05) is 30.5 Å². The monoisotopic (exact) mass is 248 g/mol. The molecule has 3 rings (SSSR count). The summed E-state index contributed by atoms with van der Waals surface area (Å²) in [6.45, 7) is 2.76. The lowest BCUT2D eigenvalue weighted by Crippen LogP contribution is -2.43. The maximum absolute atomic E-state index is 12.2. The molecule has 0 radical (unpaired) electrons. The first-order chi connectivity index (χ1) is 8.72. The Bertz CT molecular complexity index is 417. The molecule has 1 aromatic rings. The average molecular weight is 248 g/mol. The molecular weight excluding hydrogens is 228 g/mol. The third kappa shape index (κ3) is 2.27. The number of carbonyl (C=O) groups excluding carboxylic acids is 1. The van der Waals surface area contributed by atoms with Crippen molar-refractivity contribution >= 4 is 5.91 Å². The zero-order valence-electron chi connectivity index (χ0n) is 10.7. The van der Waals surface area contributed by atoms with E-state index in [2.05, 4.69) is 15.7 Å². The molecule has 4 unspecified atom stereocenters. The van der Waals surface area contributed by atoms with Crippen LogP contribution in [-0.2, 0) is 11.3 Å². The molecule has 0 aliphatic carbocycles. The smallest absolute Gasteiger partial charge is 0.225 e. The fourth-order valence-electron chi connectivity index (χ4n) is 3.20. The highest BCUT2D eigenvalue weighted by molar-refractivity contribution is 5.80. The third-order valence-electron chi connectivity index (χ3n) is 4.05. The Morgan fingerprint density at radius 3 is 3.11 bits per heavy atom. The number of carbonyl (C=O) groups is 1. The Morgan fingerprint density at radius 2 is 2.50 bits per heavy atom. The fraction of sp³-hybridized carbons (Fsp3) is 0.692. The summed E-state index contributed by atoms with van der Waals surface area (Å²) in [6.07, 6.45) is 7.06. The molecule has 1 aromatic heterocycles. The van der Waals surface area contributed by atoms with Crippen LogP contribution >= 0.6 is 0 Å². The topological polar surface area (TPSA) is 59.0 Å². The molecule has 0 spiro atoms. The minimum Gasteiger partial charge on any atom is -0.351 e. The first-order valence-electron chi connectivity index (χ1n) is 6.76. The largest absolute Gasteiger partial charge is 0.351 e. The van der Waals surface area contributed by atoms with Crippen molar-refractivity contribution in [3.8, 4) is 0 Å². The summed E-state index contributed by atoms with van der Waals surface area (Å²) in [6, 6.07) is 3.00. The summed E-state index contributed by atoms with van der Waals surface area (Å²) in [5, 5.41) is 10.8. The Hall–Kier alpha value is -1.36. The molecule has 2 saturated heterocycles. The molecule has 1 amide bonds. The first kappa shape index (κ1) is 11.7. The van der Waals surface area contributed by atoms with Gasteiger partial charge < -0.3 is 10.6 Å². The molecule has 2 aliphatic rings. The molecule has 3 heterocycles. The molecular formula is C13H20N4O. The highest BCUT2D eigenvalue weighted by Crippen LogP contribution is 2.33. The van der Waals surface area contributed by atoms with Gasteiger partial charge in [-0.3, -0.25) is 9.48 Å². The van der Waals surface area contributed by atoms with Gasteiger partial charge in [-0.25, -0.2) is 0 Å². The lowest BCUT2D eigenvalue weighted by Gasteiger charge is -2.22. The maximum atomic E-state index is 12.2. The van der Waals surface area contributed by atoms with Gasteiger partial charge in [0.15, 0.2) is 0 Å². The van der Waals surface area contributed by atoms with Crippen LogP contribution in [0.3, 0.4) is 0 Å². The lowest BCUT2D eigenvalue weighted by molar-refractivity contribution is -0.126. The van der Waals surface area contributed by atoms with Gasteiger partial charge in [-0.15, -0.1) is 0 Å². The predicted molar refractivity (Wildman–Crippen MR) is 67.9 cm³/mol. The molecule has 5 nitrogen and oxygen atoms in total. The number of rotatable bonds is 4. The Labute approximate surface area is 107 Å². The van der Waals surface area contributed by atoms with Crippen molar-refractivity contribution in [2.24, 2.45) is 5.92 Å². The number of nitrogens with zero attached hydrogens (tertiary/aromatic N) is 2. The minimum absolute atomic E-state index is 0.122. The van der Waals surface area contributed by atoms with Crippen LogP contribution in [0.15, 0.2) is 18.5 Å². The number of hydrogen-bond acceptors (Lipinski definition) is 3. The van der Waals surface area contributed by atoms with Crippen molar-refractivity contribution in [3.63, 3.8) is 0 Å². The summed E-state index contributed by atoms with van der Waals surface area (Å²) in [7, 11) is 0. The summed E-state index contributed by atoms with van der Waals surface area (Å²) in [5.41, 5.74) is 0. The summed E-state index contributed by atoms with van der Waals surface area (Å²) >= 11 is 0. The van der Waals surface area contributed by atoms with Gasteiger partial charge in [0.05, 0.1) is 12.5 Å². The maximum Gasteiger partial charge on any atom is 0.225 e. The Balaban J connectivity index is 1.51. The molecule has 2 bridgehead atoms. The van der Waals surface area contributed by atoms with Gasteiger partial charge in [-0.2, -0.15) is 5.10 Å². The second-order valence-corrected chi connectivity index (χ2v) is 5.53. The van der Waals surface area contributed by atoms with Crippen molar-refractivity contribution < 1.29 is 4.79 Å². The van der Waals surface area contributed by atoms with Crippen LogP contribution in [0.2, 0.25) is 0 Å². The van der Waals surface area contributed by atoms with Crippen molar-refractivity contribution in [2.75, 3.05) is 0 Å². The van der Waals surface area contributed by atoms with E-state index in [1.165, 1.54) is 6.42 Å². The molecule has 18 heavy (non-hydrogen) atoms. The van der Waals surface area contributed by atoms with Gasteiger partial charge in [0.1, 0.15) is 0 Å². The van der Waals surface area contributed by atoms with Crippen LogP contribution < -0.4 is 10.6 Å². The van der Waals surface area contributed by atoms with Gasteiger partial charge in [-0.05, 0) is 32.3 Å². The highest BCUT2D eigenvalue weighted by Gasteiger charge is 2.42. The van der Waals surface area contributed by atoms with Crippen molar-refractivity contribution in [1.82, 2.24) is 20.4 Å². The van der Waals surface area contributed by atoms with Crippen LogP contribution in [-0.4, -0.2) is 33.8 Å². The van der Waals surface area contributed by atoms with Crippen LogP contribution in [0.5, 0.6) is 0 Å². The highest BCUT2D eigenvalue weighted by atomic mass is 16.2. The molecule has 2 fully saturated rings. The average Bonchev–Trinajstić information content (AvgIpc) is 3.04. The summed E-state index contributed by atoms with van der Waals surface area (Å²) in [4.78, 5) is 12.2. The van der Waals surface area contributed by atoms with E-state index < -0.39 is 0 Å². The van der Waals surface area contributed by atoms with E-state index in [4.69, 9.17) is 0 Å². The Kier molecular flexibility index (Phi) is 3.07. The zero-order chi connectivity index (χ0) is 12.5. The molecule has 4 atom stereocenters. The normalized spacial score (nSPS) is 31.5. The fourth-order valence-corrected chi connectivity index (χ4v) is 3.20. The SMILES string of the molecule is CC(Cn1cccn1)NC(=O)C1CC2CCC1N2. The van der Waals surface area contributed by atoms with E-state index in [9.17, 15) is 4.79 Å². The van der Waals surface area contributed by atoms with Crippen LogP contribution in [0, 0.1) is 5.92 Å². The quantitative estimate of drug-likeness (QED) is 0.817. The number of nitrogens with one attached hydrogen (secondary N) is 2. The molecule has 5 heteroatoms. The van der Waals surface area contributed by atoms with E-state index in [1.54, 1.807) is 6.20 Å². The van der Waals surface area contributed by atoms with Crippen molar-refractivity contribution in [1.29, 1.82) is 0 Å². The molecule has 2 N–H and O–H groups in total. The van der Waals surface area contributed by atoms with E-state index in [1.807, 2.05) is 23.9 Å². The third-order valence-corrected chi connectivity index (χ3v) is 4.05. The molecule has 98 valence electrons. The van der Waals surface area contributed by atoms with Crippen molar-refractivity contribution in [3.05, 3.63) is 18.5 Å². The number of aromatic nitrogens is 2. The van der Waals surface area contributed by atoms with Crippen LogP contribution in [0.1, 0.15) is 26.2 Å². The lowest BCUT2D eigenvalue weighted by atomic mass is 9.88. The van der Waals surface area contributed by atoms with Crippen molar-refractivity contribution in [2.45, 2.75) is 50.9 Å². The zero-order valence-corrected chi connectivity index (χ0v) is 10.7. The van der Waals surface area contributed by atoms with E-state index in [-0.39, 0.29) is 17.9 Å². The Morgan fingerprint density at radius 1 is 1.61 bits per heavy atom. The molecule has 2 aliphatic heterocycles. The van der Waals surface area contributed by atoms with Gasteiger partial charge in [0.2, 0.25) is 5.91 Å². The van der Waals surface area contributed by atoms with Gasteiger partial charge in [-0.1, -0.05) is 0 Å².